The van der Waals surface area contributed by atoms with Crippen molar-refractivity contribution in [2.24, 2.45) is 0 Å². The molecule has 124 valence electrons. The zero-order valence-electron chi connectivity index (χ0n) is 12.0. The van der Waals surface area contributed by atoms with Crippen LogP contribution < -0.4 is 5.32 Å². The minimum Gasteiger partial charge on any atom is -0.299 e. The number of amides is 1. The number of hydrogen-bond donors (Lipinski definition) is 1. The molecule has 3 rings (SSSR count). The normalized spacial score (nSPS) is 11.5. The zero-order valence-corrected chi connectivity index (χ0v) is 12.8. The SMILES string of the molecule is O=C(Cn1ccc(C(F)(F)F)n1)Nc1nnc(-c2ccccc2)s1. The number of benzene rings is 1. The molecule has 0 saturated carbocycles. The van der Waals surface area contributed by atoms with E-state index in [-0.39, 0.29) is 11.7 Å². The molecular weight excluding hydrogens is 343 g/mol. The molecule has 2 aromatic heterocycles. The number of carbonyl (C=O) groups is 1. The third kappa shape index (κ3) is 3.77. The van der Waals surface area contributed by atoms with E-state index in [1.165, 1.54) is 11.3 Å². The van der Waals surface area contributed by atoms with Gasteiger partial charge in [0, 0.05) is 11.8 Å². The average Bonchev–Trinajstić information content (AvgIpc) is 3.17. The number of rotatable bonds is 4. The lowest BCUT2D eigenvalue weighted by Gasteiger charge is -2.03. The van der Waals surface area contributed by atoms with Crippen LogP contribution in [0.15, 0.2) is 42.6 Å². The Bertz CT molecular complexity index is 843. The third-order valence-corrected chi connectivity index (χ3v) is 3.82. The van der Waals surface area contributed by atoms with Gasteiger partial charge in [0.25, 0.3) is 0 Å². The highest BCUT2D eigenvalue weighted by molar-refractivity contribution is 7.18. The van der Waals surface area contributed by atoms with Crippen molar-refractivity contribution >= 4 is 22.4 Å². The summed E-state index contributed by atoms with van der Waals surface area (Å²) >= 11 is 1.17. The van der Waals surface area contributed by atoms with Crippen LogP contribution >= 0.6 is 11.3 Å². The van der Waals surface area contributed by atoms with Crippen molar-refractivity contribution in [3.8, 4) is 10.6 Å². The highest BCUT2D eigenvalue weighted by Crippen LogP contribution is 2.27. The summed E-state index contributed by atoms with van der Waals surface area (Å²) < 4.78 is 38.3. The number of nitrogens with zero attached hydrogens (tertiary/aromatic N) is 4. The first kappa shape index (κ1) is 16.1. The lowest BCUT2D eigenvalue weighted by molar-refractivity contribution is -0.141. The molecule has 24 heavy (non-hydrogen) atoms. The summed E-state index contributed by atoms with van der Waals surface area (Å²) in [4.78, 5) is 11.9. The molecule has 0 spiro atoms. The van der Waals surface area contributed by atoms with Gasteiger partial charge < -0.3 is 0 Å². The van der Waals surface area contributed by atoms with Crippen molar-refractivity contribution in [3.63, 3.8) is 0 Å². The number of anilines is 1. The second-order valence-electron chi connectivity index (χ2n) is 4.72. The fourth-order valence-corrected chi connectivity index (χ4v) is 2.64. The van der Waals surface area contributed by atoms with E-state index >= 15 is 0 Å². The molecule has 0 aliphatic carbocycles. The van der Waals surface area contributed by atoms with Crippen molar-refractivity contribution in [3.05, 3.63) is 48.3 Å². The molecule has 0 aliphatic heterocycles. The minimum absolute atomic E-state index is 0.266. The quantitative estimate of drug-likeness (QED) is 0.782. The summed E-state index contributed by atoms with van der Waals surface area (Å²) in [5.41, 5.74) is -0.185. The van der Waals surface area contributed by atoms with Crippen LogP contribution in [0.25, 0.3) is 10.6 Å². The van der Waals surface area contributed by atoms with Crippen LogP contribution in [0.5, 0.6) is 0 Å². The number of aromatic nitrogens is 4. The van der Waals surface area contributed by atoms with Crippen molar-refractivity contribution in [2.45, 2.75) is 12.7 Å². The van der Waals surface area contributed by atoms with Gasteiger partial charge in [-0.15, -0.1) is 10.2 Å². The molecule has 2 heterocycles. The van der Waals surface area contributed by atoms with Crippen LogP contribution in [0, 0.1) is 0 Å². The maximum Gasteiger partial charge on any atom is 0.435 e. The van der Waals surface area contributed by atoms with Crippen LogP contribution in [0.1, 0.15) is 5.69 Å². The van der Waals surface area contributed by atoms with Crippen molar-refractivity contribution in [1.82, 2.24) is 20.0 Å². The highest BCUT2D eigenvalue weighted by atomic mass is 32.1. The Hall–Kier alpha value is -2.75. The van der Waals surface area contributed by atoms with Crippen LogP contribution in [-0.4, -0.2) is 25.9 Å². The molecule has 1 N–H and O–H groups in total. The van der Waals surface area contributed by atoms with E-state index in [1.807, 2.05) is 30.3 Å². The van der Waals surface area contributed by atoms with Gasteiger partial charge in [-0.3, -0.25) is 14.8 Å². The number of halogens is 3. The van der Waals surface area contributed by atoms with E-state index in [0.717, 1.165) is 22.5 Å². The molecule has 0 aliphatic rings. The van der Waals surface area contributed by atoms with Gasteiger partial charge in [0.2, 0.25) is 11.0 Å². The zero-order chi connectivity index (χ0) is 17.2. The number of alkyl halides is 3. The molecule has 0 bridgehead atoms. The molecule has 1 amide bonds. The molecule has 0 atom stereocenters. The predicted molar refractivity (Wildman–Crippen MR) is 81.2 cm³/mol. The average molecular weight is 353 g/mol. The molecular formula is C14H10F3N5OS. The largest absolute Gasteiger partial charge is 0.435 e. The van der Waals surface area contributed by atoms with Gasteiger partial charge in [0.05, 0.1) is 0 Å². The number of carbonyl (C=O) groups excluding carboxylic acids is 1. The summed E-state index contributed by atoms with van der Waals surface area (Å²) in [7, 11) is 0. The van der Waals surface area contributed by atoms with E-state index in [2.05, 4.69) is 20.6 Å². The molecule has 0 saturated heterocycles. The molecule has 0 fully saturated rings. The summed E-state index contributed by atoms with van der Waals surface area (Å²) in [6.07, 6.45) is -3.44. The van der Waals surface area contributed by atoms with E-state index in [4.69, 9.17) is 0 Å². The summed E-state index contributed by atoms with van der Waals surface area (Å²) in [5, 5.41) is 14.5. The van der Waals surface area contributed by atoms with Crippen molar-refractivity contribution < 1.29 is 18.0 Å². The fourth-order valence-electron chi connectivity index (χ4n) is 1.88. The van der Waals surface area contributed by atoms with Crippen LogP contribution in [0.3, 0.4) is 0 Å². The standard InChI is InChI=1S/C14H10F3N5OS/c15-14(16,17)10-6-7-22(21-10)8-11(23)18-13-20-19-12(24-13)9-4-2-1-3-5-9/h1-7H,8H2,(H,18,20,23). The maximum absolute atomic E-state index is 12.5. The Kier molecular flexibility index (Phi) is 4.30. The highest BCUT2D eigenvalue weighted by Gasteiger charge is 2.33. The topological polar surface area (TPSA) is 72.7 Å². The van der Waals surface area contributed by atoms with E-state index in [1.54, 1.807) is 0 Å². The molecule has 0 unspecified atom stereocenters. The van der Waals surface area contributed by atoms with Gasteiger partial charge >= 0.3 is 6.18 Å². The number of nitrogens with one attached hydrogen (secondary N) is 1. The van der Waals surface area contributed by atoms with Gasteiger partial charge in [-0.1, -0.05) is 41.7 Å². The van der Waals surface area contributed by atoms with Gasteiger partial charge in [-0.25, -0.2) is 0 Å². The van der Waals surface area contributed by atoms with Crippen LogP contribution in [-0.2, 0) is 17.5 Å². The monoisotopic (exact) mass is 353 g/mol. The first-order valence-electron chi connectivity index (χ1n) is 6.71. The Morgan fingerprint density at radius 3 is 2.58 bits per heavy atom. The predicted octanol–water partition coefficient (Wildman–Crippen LogP) is 3.06. The van der Waals surface area contributed by atoms with Crippen molar-refractivity contribution in [2.75, 3.05) is 5.32 Å². The second-order valence-corrected chi connectivity index (χ2v) is 5.70. The van der Waals surface area contributed by atoms with Gasteiger partial charge in [-0.05, 0) is 6.07 Å². The molecule has 1 aromatic carbocycles. The van der Waals surface area contributed by atoms with Gasteiger partial charge in [0.15, 0.2) is 5.69 Å². The second kappa shape index (κ2) is 6.40. The summed E-state index contributed by atoms with van der Waals surface area (Å²) in [5.74, 6) is -0.539. The van der Waals surface area contributed by atoms with E-state index in [0.29, 0.717) is 5.01 Å². The first-order valence-corrected chi connectivity index (χ1v) is 7.53. The van der Waals surface area contributed by atoms with Crippen LogP contribution in [0.2, 0.25) is 0 Å². The Balaban J connectivity index is 1.63. The first-order chi connectivity index (χ1) is 11.4. The number of hydrogen-bond acceptors (Lipinski definition) is 5. The molecule has 0 radical (unpaired) electrons. The summed E-state index contributed by atoms with van der Waals surface area (Å²) in [6.45, 7) is -0.351. The van der Waals surface area contributed by atoms with Crippen molar-refractivity contribution in [1.29, 1.82) is 0 Å². The Morgan fingerprint density at radius 1 is 1.17 bits per heavy atom. The lowest BCUT2D eigenvalue weighted by atomic mass is 10.2. The van der Waals surface area contributed by atoms with E-state index < -0.39 is 17.8 Å². The lowest BCUT2D eigenvalue weighted by Crippen LogP contribution is -2.19. The molecule has 10 heteroatoms. The molecule has 3 aromatic rings. The maximum atomic E-state index is 12.5. The molecule has 6 nitrogen and oxygen atoms in total. The van der Waals surface area contributed by atoms with Crippen LogP contribution in [0.4, 0.5) is 18.3 Å². The fraction of sp³-hybridized carbons (Fsp3) is 0.143. The third-order valence-electron chi connectivity index (χ3n) is 2.93. The smallest absolute Gasteiger partial charge is 0.299 e. The summed E-state index contributed by atoms with van der Waals surface area (Å²) in [6, 6.07) is 10.1. The van der Waals surface area contributed by atoms with Gasteiger partial charge in [-0.2, -0.15) is 18.3 Å². The Morgan fingerprint density at radius 2 is 1.92 bits per heavy atom. The Labute approximate surface area is 138 Å². The van der Waals surface area contributed by atoms with E-state index in [9.17, 15) is 18.0 Å². The van der Waals surface area contributed by atoms with Gasteiger partial charge in [0.1, 0.15) is 11.6 Å². The minimum atomic E-state index is -4.54.